The molecule has 23 heavy (non-hydrogen) atoms. The number of Topliss-reactive ketones (excluding diaryl/α,β-unsaturated/α-hetero) is 1. The molecule has 0 aromatic heterocycles. The molecule has 1 aromatic carbocycles. The van der Waals surface area contributed by atoms with E-state index in [0.717, 1.165) is 12.8 Å². The van der Waals surface area contributed by atoms with Gasteiger partial charge in [-0.1, -0.05) is 32.0 Å². The van der Waals surface area contributed by atoms with E-state index in [0.29, 0.717) is 18.5 Å². The Morgan fingerprint density at radius 1 is 1.22 bits per heavy atom. The topological polar surface area (TPSA) is 63.7 Å². The van der Waals surface area contributed by atoms with Crippen LogP contribution in [0.25, 0.3) is 0 Å². The number of likely N-dealkylation sites (tertiary alicyclic amines) is 1. The number of esters is 1. The molecule has 0 aliphatic carbocycles. The van der Waals surface area contributed by atoms with Crippen LogP contribution in [-0.4, -0.2) is 35.3 Å². The average Bonchev–Trinajstić information content (AvgIpc) is 2.49. The molecule has 5 nitrogen and oxygen atoms in total. The predicted octanol–water partition coefficient (Wildman–Crippen LogP) is 3.43. The van der Waals surface area contributed by atoms with E-state index < -0.39 is 12.1 Å². The van der Waals surface area contributed by atoms with Crippen LogP contribution in [0.4, 0.5) is 4.79 Å². The van der Waals surface area contributed by atoms with Crippen LogP contribution in [0.15, 0.2) is 30.3 Å². The molecule has 0 N–H and O–H groups in total. The summed E-state index contributed by atoms with van der Waals surface area (Å²) in [7, 11) is 0. The molecule has 1 fully saturated rings. The third kappa shape index (κ3) is 4.65. The average molecular weight is 317 g/mol. The summed E-state index contributed by atoms with van der Waals surface area (Å²) in [5, 5.41) is 0. The zero-order chi connectivity index (χ0) is 17.0. The molecule has 0 bridgehead atoms. The number of piperidine rings is 1. The molecule has 1 heterocycles. The van der Waals surface area contributed by atoms with Gasteiger partial charge in [0.05, 0.1) is 5.56 Å². The monoisotopic (exact) mass is 317 g/mol. The number of carbonyl (C=O) groups excluding carboxylic acids is 3. The van der Waals surface area contributed by atoms with Crippen molar-refractivity contribution in [2.45, 2.75) is 46.1 Å². The molecule has 124 valence electrons. The zero-order valence-corrected chi connectivity index (χ0v) is 13.9. The smallest absolute Gasteiger partial charge is 0.372 e. The number of ketones is 1. The van der Waals surface area contributed by atoms with Crippen LogP contribution in [-0.2, 0) is 9.53 Å². The van der Waals surface area contributed by atoms with Crippen LogP contribution >= 0.6 is 0 Å². The predicted molar refractivity (Wildman–Crippen MR) is 86.1 cm³/mol. The van der Waals surface area contributed by atoms with Gasteiger partial charge >= 0.3 is 12.1 Å². The van der Waals surface area contributed by atoms with Crippen LogP contribution in [0.5, 0.6) is 0 Å². The molecule has 0 radical (unpaired) electrons. The summed E-state index contributed by atoms with van der Waals surface area (Å²) in [5.41, 5.74) is 0.280. The number of benzene rings is 1. The highest BCUT2D eigenvalue weighted by Gasteiger charge is 2.37. The SMILES string of the molecule is CC(=O)C[C@H]1CCC(C)(C)CN1C(=O)OC(=O)c1ccccc1. The van der Waals surface area contributed by atoms with Crippen LogP contribution in [0.1, 0.15) is 50.4 Å². The third-order valence-corrected chi connectivity index (χ3v) is 4.14. The van der Waals surface area contributed by atoms with E-state index in [1.165, 1.54) is 11.8 Å². The summed E-state index contributed by atoms with van der Waals surface area (Å²) in [4.78, 5) is 37.5. The molecule has 1 aliphatic heterocycles. The lowest BCUT2D eigenvalue weighted by atomic mass is 9.80. The second kappa shape index (κ2) is 6.94. The molecule has 1 atom stereocenters. The largest absolute Gasteiger partial charge is 0.418 e. The van der Waals surface area contributed by atoms with Crippen molar-refractivity contribution in [1.29, 1.82) is 0 Å². The van der Waals surface area contributed by atoms with Crippen LogP contribution in [0.2, 0.25) is 0 Å². The number of rotatable bonds is 3. The van der Waals surface area contributed by atoms with E-state index in [-0.39, 0.29) is 17.2 Å². The van der Waals surface area contributed by atoms with E-state index in [9.17, 15) is 14.4 Å². The van der Waals surface area contributed by atoms with Crippen molar-refractivity contribution >= 4 is 17.8 Å². The van der Waals surface area contributed by atoms with Gasteiger partial charge in [-0.15, -0.1) is 0 Å². The van der Waals surface area contributed by atoms with Crippen LogP contribution in [0.3, 0.4) is 0 Å². The summed E-state index contributed by atoms with van der Waals surface area (Å²) in [6.45, 7) is 6.12. The van der Waals surface area contributed by atoms with Crippen molar-refractivity contribution in [3.8, 4) is 0 Å². The van der Waals surface area contributed by atoms with Crippen molar-refractivity contribution in [1.82, 2.24) is 4.90 Å². The molecule has 1 aliphatic rings. The third-order valence-electron chi connectivity index (χ3n) is 4.14. The van der Waals surface area contributed by atoms with Gasteiger partial charge < -0.3 is 9.64 Å². The summed E-state index contributed by atoms with van der Waals surface area (Å²) in [6.07, 6.45) is 1.30. The summed E-state index contributed by atoms with van der Waals surface area (Å²) in [6, 6.07) is 8.21. The number of hydrogen-bond donors (Lipinski definition) is 0. The molecular weight excluding hydrogens is 294 g/mol. The maximum atomic E-state index is 12.4. The van der Waals surface area contributed by atoms with Gasteiger partial charge in [-0.2, -0.15) is 0 Å². The first kappa shape index (κ1) is 17.2. The highest BCUT2D eigenvalue weighted by Crippen LogP contribution is 2.33. The molecule has 5 heteroatoms. The van der Waals surface area contributed by atoms with Gasteiger partial charge in [-0.25, -0.2) is 9.59 Å². The maximum Gasteiger partial charge on any atom is 0.418 e. The summed E-state index contributed by atoms with van der Waals surface area (Å²) in [5.74, 6) is -0.637. The van der Waals surface area contributed by atoms with E-state index in [2.05, 4.69) is 13.8 Å². The highest BCUT2D eigenvalue weighted by molar-refractivity contribution is 5.96. The minimum Gasteiger partial charge on any atom is -0.372 e. The molecular formula is C18H23NO4. The number of carbonyl (C=O) groups is 3. The number of nitrogens with zero attached hydrogens (tertiary/aromatic N) is 1. The normalized spacial score (nSPS) is 20.0. The minimum atomic E-state index is -0.669. The van der Waals surface area contributed by atoms with Crippen molar-refractivity contribution < 1.29 is 19.1 Å². The quantitative estimate of drug-likeness (QED) is 0.633. The van der Waals surface area contributed by atoms with Gasteiger partial charge in [0.2, 0.25) is 0 Å². The summed E-state index contributed by atoms with van der Waals surface area (Å²) >= 11 is 0. The lowest BCUT2D eigenvalue weighted by molar-refractivity contribution is -0.118. The first-order valence-corrected chi connectivity index (χ1v) is 7.86. The Balaban J connectivity index is 2.09. The Hall–Kier alpha value is -2.17. The lowest BCUT2D eigenvalue weighted by Crippen LogP contribution is -2.51. The molecule has 1 saturated heterocycles. The fourth-order valence-electron chi connectivity index (χ4n) is 2.91. The first-order valence-electron chi connectivity index (χ1n) is 7.86. The van der Waals surface area contributed by atoms with Gasteiger partial charge in [-0.05, 0) is 37.3 Å². The van der Waals surface area contributed by atoms with Gasteiger partial charge in [0.1, 0.15) is 5.78 Å². The Kier molecular flexibility index (Phi) is 5.19. The van der Waals surface area contributed by atoms with E-state index in [1.807, 2.05) is 0 Å². The van der Waals surface area contributed by atoms with Crippen molar-refractivity contribution in [3.05, 3.63) is 35.9 Å². The Morgan fingerprint density at radius 2 is 1.87 bits per heavy atom. The standard InChI is InChI=1S/C18H23NO4/c1-13(20)11-15-9-10-18(2,3)12-19(15)17(22)23-16(21)14-7-5-4-6-8-14/h4-8,15H,9-12H2,1-3H3/t15-/m1/s1. The fourth-order valence-corrected chi connectivity index (χ4v) is 2.91. The molecule has 1 amide bonds. The maximum absolute atomic E-state index is 12.4. The lowest BCUT2D eigenvalue weighted by Gasteiger charge is -2.42. The second-order valence-electron chi connectivity index (χ2n) is 6.91. The molecule has 1 aromatic rings. The van der Waals surface area contributed by atoms with Crippen LogP contribution in [0, 0.1) is 5.41 Å². The van der Waals surface area contributed by atoms with Crippen molar-refractivity contribution in [3.63, 3.8) is 0 Å². The molecule has 2 rings (SSSR count). The Bertz CT molecular complexity index is 594. The zero-order valence-electron chi connectivity index (χ0n) is 13.9. The molecule has 0 unspecified atom stereocenters. The van der Waals surface area contributed by atoms with Gasteiger partial charge in [0.15, 0.2) is 0 Å². The Labute approximate surface area is 136 Å². The van der Waals surface area contributed by atoms with Crippen molar-refractivity contribution in [2.75, 3.05) is 6.54 Å². The molecule has 0 saturated carbocycles. The van der Waals surface area contributed by atoms with Gasteiger partial charge in [0, 0.05) is 19.0 Å². The van der Waals surface area contributed by atoms with E-state index in [4.69, 9.17) is 4.74 Å². The molecule has 0 spiro atoms. The fraction of sp³-hybridized carbons (Fsp3) is 0.500. The second-order valence-corrected chi connectivity index (χ2v) is 6.91. The number of hydrogen-bond acceptors (Lipinski definition) is 4. The number of amides is 1. The number of ether oxygens (including phenoxy) is 1. The van der Waals surface area contributed by atoms with Gasteiger partial charge in [0.25, 0.3) is 0 Å². The van der Waals surface area contributed by atoms with E-state index in [1.54, 1.807) is 30.3 Å². The van der Waals surface area contributed by atoms with Gasteiger partial charge in [-0.3, -0.25) is 4.79 Å². The summed E-state index contributed by atoms with van der Waals surface area (Å²) < 4.78 is 5.02. The van der Waals surface area contributed by atoms with E-state index >= 15 is 0 Å². The Morgan fingerprint density at radius 3 is 2.48 bits per heavy atom. The van der Waals surface area contributed by atoms with Crippen LogP contribution < -0.4 is 0 Å². The highest BCUT2D eigenvalue weighted by atomic mass is 16.6. The van der Waals surface area contributed by atoms with Crippen molar-refractivity contribution in [2.24, 2.45) is 5.41 Å². The minimum absolute atomic E-state index is 0.0295. The first-order chi connectivity index (χ1) is 10.8.